The molecule has 750 valence electrons. The van der Waals surface area contributed by atoms with E-state index in [-0.39, 0.29) is 52.8 Å². The molecule has 8 heterocycles. The fraction of sp³-hybridized carbons (Fsp3) is 0.206. The quantitative estimate of drug-likeness (QED) is 0.0181. The van der Waals surface area contributed by atoms with Crippen molar-refractivity contribution in [3.05, 3.63) is 301 Å². The SMILES string of the molecule is CN(C(=O)OC(C)(C)C)c1ccc(-n2c(=O)n(-c3ccc(Cl)cc3)c3c(N)ncnc32)cc1.CN(C(=O)OC(C)(C)C)c1ccc(N2C(=O)Cc3c(N)ncnc32)cc1.CN(C)C/C=C/C(=O)Cl.CN(C)C/C=C/C(=O)N(C)c1ccc(-n2c(=O)n(-c3ccc(Cl)cc3)c3c(N)ncnc32)cc1.CNc1ccc(-n2c(=O)n(-c3ccc(Cl)cc3)c3c(N)ncnc32)cc1.O=CC(F)(F)F.OB(O)c1ccc(Cl)cc1. The largest absolute Gasteiger partial charge is 0.488 e. The van der Waals surface area contributed by atoms with Gasteiger partial charge in [-0.25, -0.2) is 77.5 Å². The van der Waals surface area contributed by atoms with Gasteiger partial charge in [0.15, 0.2) is 34.4 Å². The lowest BCUT2D eigenvalue weighted by Gasteiger charge is -2.25. The molecule has 1 aliphatic heterocycles. The number of nitrogen functional groups attached to an aromatic ring is 4. The number of nitrogens with one attached hydrogen (secondary N) is 1. The highest BCUT2D eigenvalue weighted by Crippen LogP contribution is 2.38. The third-order valence-electron chi connectivity index (χ3n) is 20.3. The van der Waals surface area contributed by atoms with Crippen molar-refractivity contribution < 1.29 is 61.5 Å². The second kappa shape index (κ2) is 48.7. The van der Waals surface area contributed by atoms with Gasteiger partial charge in [0.2, 0.25) is 23.3 Å². The smallest absolute Gasteiger partial charge is 0.443 e. The van der Waals surface area contributed by atoms with Crippen molar-refractivity contribution in [2.45, 2.75) is 65.3 Å². The Balaban J connectivity index is 0.000000183. The lowest BCUT2D eigenvalue weighted by Crippen LogP contribution is -2.34. The molecule has 16 rings (SSSR count). The predicted octanol–water partition coefficient (Wildman–Crippen LogP) is 14.2. The number of carbonyl (C=O) groups excluding carboxylic acids is 6. The van der Waals surface area contributed by atoms with Crippen LogP contribution in [0.15, 0.2) is 258 Å². The maximum absolute atomic E-state index is 13.5. The zero-order chi connectivity index (χ0) is 106. The number of halogens is 8. The van der Waals surface area contributed by atoms with E-state index in [4.69, 9.17) is 105 Å². The van der Waals surface area contributed by atoms with Gasteiger partial charge in [0.1, 0.15) is 64.7 Å². The van der Waals surface area contributed by atoms with Crippen LogP contribution in [0.5, 0.6) is 0 Å². The molecule has 0 radical (unpaired) electrons. The number of hydrogen-bond donors (Lipinski definition) is 7. The number of nitrogens with zero attached hydrogens (tertiary/aromatic N) is 20. The molecule has 0 saturated heterocycles. The molecule has 0 atom stereocenters. The number of fused-ring (bicyclic) bond motifs is 4. The van der Waals surface area contributed by atoms with Crippen LogP contribution in [-0.4, -0.2) is 217 Å². The van der Waals surface area contributed by atoms with E-state index in [0.717, 1.165) is 12.2 Å². The Morgan fingerprint density at radius 2 is 0.722 bits per heavy atom. The van der Waals surface area contributed by atoms with Gasteiger partial charge < -0.3 is 62.5 Å². The predicted molar refractivity (Wildman–Crippen MR) is 557 cm³/mol. The van der Waals surface area contributed by atoms with Gasteiger partial charge in [0.05, 0.1) is 46.2 Å². The van der Waals surface area contributed by atoms with Gasteiger partial charge >= 0.3 is 42.6 Å². The number of aromatic nitrogens is 14. The summed E-state index contributed by atoms with van der Waals surface area (Å²) in [5, 5.41) is 22.2. The lowest BCUT2D eigenvalue weighted by atomic mass is 9.81. The zero-order valence-electron chi connectivity index (χ0n) is 80.0. The number of likely N-dealkylation sites (N-methyl/N-ethyl adjacent to an activating group) is 3. The fourth-order valence-corrected chi connectivity index (χ4v) is 14.0. The van der Waals surface area contributed by atoms with E-state index in [9.17, 15) is 51.5 Å². The molecule has 0 bridgehead atoms. The zero-order valence-corrected chi connectivity index (χ0v) is 83.8. The van der Waals surface area contributed by atoms with E-state index in [2.05, 4.69) is 45.2 Å². The van der Waals surface area contributed by atoms with Crippen LogP contribution < -0.4 is 70.4 Å². The first-order chi connectivity index (χ1) is 68.0. The summed E-state index contributed by atoms with van der Waals surface area (Å²) in [7, 11) is 13.1. The number of ether oxygens (including phenoxy) is 2. The summed E-state index contributed by atoms with van der Waals surface area (Å²) in [5.41, 5.74) is 32.6. The number of imidazole rings is 3. The van der Waals surface area contributed by atoms with Gasteiger partial charge in [0.25, 0.3) is 0 Å². The highest BCUT2D eigenvalue weighted by atomic mass is 35.5. The molecule has 47 heteroatoms. The Kier molecular flexibility index (Phi) is 37.3. The molecule has 11 N–H and O–H groups in total. The highest BCUT2D eigenvalue weighted by Gasteiger charge is 2.34. The molecule has 15 aromatic rings. The van der Waals surface area contributed by atoms with Crippen LogP contribution in [0, 0.1) is 0 Å². The standard InChI is InChI=1S/C24H24ClN7O2.C23H23ClN6O3.C18H15ClN6O.C18H21N5O3.C6H6BClO2.C6H10ClNO.C2HF3O/c1-29(2)14-4-5-20(33)30(3)17-10-12-19(13-11-17)32-23-21(22(26)27-15-28-23)31(24(32)34)18-8-6-16(25)7-9-18;1-23(2,3)33-22(32)28(4)15-9-11-17(12-10-15)30-20-18(19(25)26-13-27-20)29(21(30)31)16-7-5-14(24)6-8-16;1-21-12-4-8-14(9-5-12)25-17-15(16(20)22-10-23-17)24(18(25)26)13-6-2-11(19)3-7-13;1-18(2,3)26-17(25)22(4)11-5-7-12(8-6-11)23-14(24)9-13-15(19)20-10-21-16(13)23;8-6-3-1-5(2-4-6)7(9)10;1-8(2)5-3-4-6(7)9;3-2(4,5)1-6/h4-13,15H,14H2,1-3H3,(H2,26,27,28);5-13H,1-4H3,(H2,25,26,27);2-10,21H,1H3,(H2,20,22,23);5-8,10H,9H2,1-4H3,(H2,19,20,21);1-4,9-10H;3-4H,5H2,1-2H3;1H/b5-4+;;;;;4-3+;. The summed E-state index contributed by atoms with van der Waals surface area (Å²) in [6.07, 6.45) is 5.27. The van der Waals surface area contributed by atoms with E-state index in [0.29, 0.717) is 140 Å². The van der Waals surface area contributed by atoms with Crippen LogP contribution in [0.3, 0.4) is 0 Å². The average molecular weight is 2070 g/mol. The van der Waals surface area contributed by atoms with E-state index < -0.39 is 48.2 Å². The Labute approximate surface area is 848 Å². The van der Waals surface area contributed by atoms with Gasteiger partial charge in [-0.05, 0) is 275 Å². The van der Waals surface area contributed by atoms with E-state index in [1.54, 1.807) is 218 Å². The summed E-state index contributed by atoms with van der Waals surface area (Å²) in [6.45, 7) is 12.3. The first-order valence-electron chi connectivity index (χ1n) is 43.2. The Morgan fingerprint density at radius 3 is 1.03 bits per heavy atom. The van der Waals surface area contributed by atoms with Gasteiger partial charge in [-0.15, -0.1) is 0 Å². The van der Waals surface area contributed by atoms with Crippen LogP contribution in [0.1, 0.15) is 47.1 Å². The summed E-state index contributed by atoms with van der Waals surface area (Å²) in [6, 6.07) is 55.4. The van der Waals surface area contributed by atoms with Crippen molar-refractivity contribution in [3.63, 3.8) is 0 Å². The van der Waals surface area contributed by atoms with Crippen molar-refractivity contribution in [1.29, 1.82) is 0 Å². The van der Waals surface area contributed by atoms with Gasteiger partial charge in [-0.3, -0.25) is 47.6 Å². The molecular formula is C97H100BCl5F3N25O13. The molecule has 0 aliphatic carbocycles. The van der Waals surface area contributed by atoms with Crippen LogP contribution >= 0.6 is 58.0 Å². The number of anilines is 10. The highest BCUT2D eigenvalue weighted by molar-refractivity contribution is 6.66. The molecule has 144 heavy (non-hydrogen) atoms. The van der Waals surface area contributed by atoms with Crippen molar-refractivity contribution in [1.82, 2.24) is 77.1 Å². The molecule has 0 fully saturated rings. The third kappa shape index (κ3) is 28.6. The normalized spacial score (nSPS) is 11.6. The first-order valence-corrected chi connectivity index (χ1v) is 45.1. The molecule has 0 unspecified atom stereocenters. The third-order valence-corrected chi connectivity index (χ3v) is 21.4. The monoisotopic (exact) mass is 2070 g/mol. The molecule has 7 aromatic heterocycles. The first kappa shape index (κ1) is 110. The van der Waals surface area contributed by atoms with Crippen LogP contribution in [0.25, 0.3) is 67.6 Å². The number of benzene rings is 8. The number of hydrogen-bond acceptors (Lipinski definition) is 28. The number of rotatable bonds is 18. The molecule has 8 aromatic carbocycles. The van der Waals surface area contributed by atoms with E-state index >= 15 is 0 Å². The number of carbonyl (C=O) groups is 6. The molecule has 0 saturated carbocycles. The number of nitrogens with two attached hydrogens (primary N) is 4. The Hall–Kier alpha value is -15.7. The molecule has 38 nitrogen and oxygen atoms in total. The molecule has 1 aliphatic rings. The minimum atomic E-state index is -4.64. The van der Waals surface area contributed by atoms with Gasteiger partial charge in [-0.2, -0.15) is 13.2 Å². The summed E-state index contributed by atoms with van der Waals surface area (Å²) in [4.78, 5) is 151. The van der Waals surface area contributed by atoms with E-state index in [1.807, 2.05) is 96.2 Å². The topological polar surface area (TPSA) is 481 Å². The van der Waals surface area contributed by atoms with E-state index in [1.165, 1.54) is 84.5 Å². The Morgan fingerprint density at radius 1 is 0.431 bits per heavy atom. The van der Waals surface area contributed by atoms with Crippen LogP contribution in [0.2, 0.25) is 20.1 Å². The second-order valence-corrected chi connectivity index (χ2v) is 35.7. The van der Waals surface area contributed by atoms with Gasteiger partial charge in [0, 0.05) is 95.8 Å². The number of allylic oxidation sites excluding steroid dienone is 1. The van der Waals surface area contributed by atoms with Crippen molar-refractivity contribution >= 4 is 197 Å². The summed E-state index contributed by atoms with van der Waals surface area (Å²) < 4.78 is 50.8. The minimum Gasteiger partial charge on any atom is -0.443 e. The number of aldehydes is 1. The fourth-order valence-electron chi connectivity index (χ4n) is 13.4. The minimum absolute atomic E-state index is 0.125. The molecule has 0 spiro atoms. The van der Waals surface area contributed by atoms with Crippen LogP contribution in [-0.2, 0) is 35.1 Å². The lowest BCUT2D eigenvalue weighted by molar-refractivity contribution is -0.156. The van der Waals surface area contributed by atoms with Gasteiger partial charge in [-0.1, -0.05) is 70.7 Å². The molecule has 4 amide bonds. The number of amides is 4. The molecular weight excluding hydrogens is 1970 g/mol. The summed E-state index contributed by atoms with van der Waals surface area (Å²) in [5.74, 6) is 1.12. The summed E-state index contributed by atoms with van der Waals surface area (Å²) >= 11 is 28.6. The van der Waals surface area contributed by atoms with Crippen molar-refractivity contribution in [2.24, 2.45) is 0 Å². The van der Waals surface area contributed by atoms with Crippen molar-refractivity contribution in [2.75, 3.05) is 117 Å². The maximum atomic E-state index is 13.5. The average Bonchev–Trinajstić information content (AvgIpc) is 1.60. The number of alkyl halides is 3. The van der Waals surface area contributed by atoms with Crippen molar-refractivity contribution in [3.8, 4) is 34.1 Å². The maximum Gasteiger partial charge on any atom is 0.488 e. The second-order valence-electron chi connectivity index (χ2n) is 33.6. The Bertz CT molecular complexity index is 7330. The van der Waals surface area contributed by atoms with Crippen LogP contribution in [0.4, 0.5) is 80.3 Å².